The predicted molar refractivity (Wildman–Crippen MR) is 56.2 cm³/mol. The van der Waals surface area contributed by atoms with Crippen molar-refractivity contribution in [2.75, 3.05) is 5.32 Å². The Morgan fingerprint density at radius 1 is 1.45 bits per heavy atom. The topological polar surface area (TPSA) is 82.1 Å². The van der Waals surface area contributed by atoms with E-state index in [1.807, 2.05) is 0 Å². The number of halogens is 3. The number of carbonyl (C=O) groups excluding carboxylic acids is 1. The van der Waals surface area contributed by atoms with Gasteiger partial charge in [0.25, 0.3) is 12.5 Å². The lowest BCUT2D eigenvalue weighted by molar-refractivity contribution is -0.750. The van der Waals surface area contributed by atoms with Crippen molar-refractivity contribution < 1.29 is 32.3 Å². The number of rotatable bonds is 3. The predicted octanol–water partition coefficient (Wildman–Crippen LogP) is 0.693. The molecule has 20 heavy (non-hydrogen) atoms. The smallest absolute Gasteiger partial charge is 0.416 e. The van der Waals surface area contributed by atoms with Crippen LogP contribution < -0.4 is 15.1 Å². The molecule has 106 valence electrons. The van der Waals surface area contributed by atoms with Crippen molar-refractivity contribution in [2.45, 2.75) is 12.7 Å². The number of amides is 1. The summed E-state index contributed by atoms with van der Waals surface area (Å²) in [6.07, 6.45) is -3.54. The minimum atomic E-state index is -4.49. The maximum atomic E-state index is 12.5. The van der Waals surface area contributed by atoms with Gasteiger partial charge in [0, 0.05) is 5.69 Å². The zero-order valence-corrected chi connectivity index (χ0v) is 9.85. The van der Waals surface area contributed by atoms with Crippen LogP contribution in [0.25, 0.3) is 0 Å². The number of hydrogen-bond donors (Lipinski definition) is 1. The van der Waals surface area contributed by atoms with E-state index in [0.717, 1.165) is 23.0 Å². The Morgan fingerprint density at radius 3 is 2.80 bits per heavy atom. The molecule has 0 unspecified atom stereocenters. The molecular formula is C11H8F3N3O3. The first kappa shape index (κ1) is 13.8. The van der Waals surface area contributed by atoms with Crippen molar-refractivity contribution in [3.63, 3.8) is 0 Å². The zero-order chi connectivity index (χ0) is 14.8. The summed E-state index contributed by atoms with van der Waals surface area (Å²) >= 11 is 0. The van der Waals surface area contributed by atoms with Crippen LogP contribution in [0.5, 0.6) is 5.95 Å². The molecule has 6 nitrogen and oxygen atoms in total. The maximum Gasteiger partial charge on any atom is 0.416 e. The van der Waals surface area contributed by atoms with Gasteiger partial charge in [-0.2, -0.15) is 13.2 Å². The van der Waals surface area contributed by atoms with Crippen molar-refractivity contribution in [1.82, 2.24) is 5.27 Å². The highest BCUT2D eigenvalue weighted by Crippen LogP contribution is 2.30. The van der Waals surface area contributed by atoms with Crippen LogP contribution in [-0.4, -0.2) is 11.2 Å². The van der Waals surface area contributed by atoms with Gasteiger partial charge in [-0.3, -0.25) is 4.79 Å². The van der Waals surface area contributed by atoms with Gasteiger partial charge in [0.05, 0.1) is 10.8 Å². The summed E-state index contributed by atoms with van der Waals surface area (Å²) in [5, 5.41) is 16.2. The van der Waals surface area contributed by atoms with Crippen LogP contribution in [0.15, 0.2) is 35.0 Å². The molecule has 0 saturated heterocycles. The third-order valence-corrected chi connectivity index (χ3v) is 2.27. The van der Waals surface area contributed by atoms with Crippen LogP contribution in [0, 0.1) is 0 Å². The number of nitrogens with zero attached hydrogens (tertiary/aromatic N) is 2. The van der Waals surface area contributed by atoms with E-state index in [2.05, 4.69) is 15.1 Å². The second kappa shape index (κ2) is 5.19. The third kappa shape index (κ3) is 3.46. The number of aromatic nitrogens is 2. The first-order valence-electron chi connectivity index (χ1n) is 5.35. The summed E-state index contributed by atoms with van der Waals surface area (Å²) in [5.74, 6) is -1.36. The molecule has 2 aromatic rings. The highest BCUT2D eigenvalue weighted by molar-refractivity contribution is 5.89. The molecule has 0 fully saturated rings. The number of alkyl halides is 3. The van der Waals surface area contributed by atoms with Crippen LogP contribution >= 0.6 is 0 Å². The fourth-order valence-electron chi connectivity index (χ4n) is 1.46. The Bertz CT molecular complexity index is 625. The van der Waals surface area contributed by atoms with Crippen molar-refractivity contribution in [2.24, 2.45) is 0 Å². The van der Waals surface area contributed by atoms with Crippen LogP contribution in [0.1, 0.15) is 5.56 Å². The lowest BCUT2D eigenvalue weighted by Crippen LogP contribution is -2.41. The molecule has 2 rings (SSSR count). The summed E-state index contributed by atoms with van der Waals surface area (Å²) in [6.45, 7) is -0.345. The van der Waals surface area contributed by atoms with Crippen LogP contribution in [-0.2, 0) is 17.5 Å². The van der Waals surface area contributed by atoms with Crippen molar-refractivity contribution >= 4 is 11.6 Å². The van der Waals surface area contributed by atoms with E-state index in [9.17, 15) is 23.1 Å². The Balaban J connectivity index is 2.04. The third-order valence-electron chi connectivity index (χ3n) is 2.27. The van der Waals surface area contributed by atoms with Gasteiger partial charge < -0.3 is 14.9 Å². The average Bonchev–Trinajstić information content (AvgIpc) is 2.73. The van der Waals surface area contributed by atoms with E-state index >= 15 is 0 Å². The van der Waals surface area contributed by atoms with E-state index < -0.39 is 23.6 Å². The molecule has 1 aromatic carbocycles. The fourth-order valence-corrected chi connectivity index (χ4v) is 1.46. The minimum Gasteiger partial charge on any atom is -0.539 e. The number of carbonyl (C=O) groups is 1. The van der Waals surface area contributed by atoms with Gasteiger partial charge in [-0.15, -0.1) is 0 Å². The summed E-state index contributed by atoms with van der Waals surface area (Å²) in [6, 6.07) is 4.20. The summed E-state index contributed by atoms with van der Waals surface area (Å²) in [7, 11) is 0. The normalized spacial score (nSPS) is 11.3. The van der Waals surface area contributed by atoms with Crippen molar-refractivity contribution in [3.8, 4) is 5.95 Å². The summed E-state index contributed by atoms with van der Waals surface area (Å²) in [4.78, 5) is 11.6. The molecule has 1 N–H and O–H groups in total. The lowest BCUT2D eigenvalue weighted by Gasteiger charge is -2.08. The molecule has 0 radical (unpaired) electrons. The molecule has 0 bridgehead atoms. The molecule has 0 aliphatic carbocycles. The van der Waals surface area contributed by atoms with Crippen molar-refractivity contribution in [1.29, 1.82) is 0 Å². The number of hydrogen-bond acceptors (Lipinski definition) is 4. The Kier molecular flexibility index (Phi) is 3.59. The highest BCUT2D eigenvalue weighted by Gasteiger charge is 2.30. The summed E-state index contributed by atoms with van der Waals surface area (Å²) < 4.78 is 42.6. The molecular weight excluding hydrogens is 279 g/mol. The van der Waals surface area contributed by atoms with Crippen LogP contribution in [0.2, 0.25) is 0 Å². The molecule has 0 aliphatic rings. The first-order valence-corrected chi connectivity index (χ1v) is 5.35. The number of anilines is 1. The number of nitrogens with one attached hydrogen (secondary N) is 1. The monoisotopic (exact) mass is 287 g/mol. The van der Waals surface area contributed by atoms with Gasteiger partial charge >= 0.3 is 6.18 Å². The Labute approximate surface area is 110 Å². The Morgan fingerprint density at radius 2 is 2.20 bits per heavy atom. The van der Waals surface area contributed by atoms with E-state index in [-0.39, 0.29) is 12.2 Å². The molecule has 9 heteroatoms. The maximum absolute atomic E-state index is 12.5. The molecule has 0 aliphatic heterocycles. The van der Waals surface area contributed by atoms with Gasteiger partial charge in [0.1, 0.15) is 5.95 Å². The quantitative estimate of drug-likeness (QED) is 0.842. The van der Waals surface area contributed by atoms with E-state index in [4.69, 9.17) is 0 Å². The molecule has 0 saturated carbocycles. The van der Waals surface area contributed by atoms with Gasteiger partial charge in [-0.1, -0.05) is 10.7 Å². The average molecular weight is 287 g/mol. The van der Waals surface area contributed by atoms with Gasteiger partial charge in [0.2, 0.25) is 6.20 Å². The molecule has 1 aromatic heterocycles. The lowest BCUT2D eigenvalue weighted by atomic mass is 10.2. The fraction of sp³-hybridized carbons (Fsp3) is 0.182. The van der Waals surface area contributed by atoms with Gasteiger partial charge in [-0.05, 0) is 18.2 Å². The van der Waals surface area contributed by atoms with Crippen LogP contribution in [0.4, 0.5) is 18.9 Å². The SMILES string of the molecule is O=C(C[n+]1cc([O-])on1)Nc1cccc(C(F)(F)F)c1. The second-order valence-electron chi connectivity index (χ2n) is 3.85. The van der Waals surface area contributed by atoms with Gasteiger partial charge in [-0.25, -0.2) is 0 Å². The second-order valence-corrected chi connectivity index (χ2v) is 3.85. The van der Waals surface area contributed by atoms with E-state index in [1.165, 1.54) is 12.1 Å². The minimum absolute atomic E-state index is 0.00346. The molecule has 1 heterocycles. The van der Waals surface area contributed by atoms with Crippen molar-refractivity contribution in [3.05, 3.63) is 36.0 Å². The molecule has 0 atom stereocenters. The van der Waals surface area contributed by atoms with Gasteiger partial charge in [0.15, 0.2) is 0 Å². The molecule has 0 spiro atoms. The molecule has 1 amide bonds. The number of benzene rings is 1. The zero-order valence-electron chi connectivity index (χ0n) is 9.85. The van der Waals surface area contributed by atoms with E-state index in [0.29, 0.717) is 0 Å². The Hall–Kier alpha value is -2.58. The standard InChI is InChI=1S/C11H8F3N3O3/c12-11(13,14)7-2-1-3-8(4-7)15-9(18)5-17-6-10(19)20-16-17/h1-4,6H,5H2,(H-,15,16,18,19). The van der Waals surface area contributed by atoms with Crippen LogP contribution in [0.3, 0.4) is 0 Å². The highest BCUT2D eigenvalue weighted by atomic mass is 19.4. The summed E-state index contributed by atoms with van der Waals surface area (Å²) in [5.41, 5.74) is -0.873. The van der Waals surface area contributed by atoms with E-state index in [1.54, 1.807) is 0 Å². The first-order chi connectivity index (χ1) is 9.34. The largest absolute Gasteiger partial charge is 0.539 e.